The Balaban J connectivity index is 0.00000364. The van der Waals surface area contributed by atoms with E-state index in [4.69, 9.17) is 4.74 Å². The standard InChI is InChI=1S/C19H30N4O3.HI/c1-2-20-19(21-13-8-14-26-17-10-4-3-5-11-17)22-15-16-9-6-7-12-18(16)23(24)25;/h6-7,9,12,17H,2-5,8,10-11,13-15H2,1H3,(H2,20,21,22);1H. The lowest BCUT2D eigenvalue weighted by atomic mass is 9.98. The van der Waals surface area contributed by atoms with Crippen LogP contribution in [0.25, 0.3) is 0 Å². The van der Waals surface area contributed by atoms with Gasteiger partial charge in [0.25, 0.3) is 5.69 Å². The van der Waals surface area contributed by atoms with Crippen molar-refractivity contribution in [1.82, 2.24) is 10.6 Å². The van der Waals surface area contributed by atoms with Gasteiger partial charge in [0.1, 0.15) is 0 Å². The quantitative estimate of drug-likeness (QED) is 0.136. The Morgan fingerprint density at radius 1 is 1.26 bits per heavy atom. The monoisotopic (exact) mass is 490 g/mol. The number of guanidine groups is 1. The molecule has 0 radical (unpaired) electrons. The average Bonchev–Trinajstić information content (AvgIpc) is 2.66. The molecule has 0 amide bonds. The number of hydrogen-bond acceptors (Lipinski definition) is 4. The van der Waals surface area contributed by atoms with Crippen LogP contribution in [0.15, 0.2) is 29.3 Å². The van der Waals surface area contributed by atoms with E-state index in [1.165, 1.54) is 38.2 Å². The fraction of sp³-hybridized carbons (Fsp3) is 0.632. The Hall–Kier alpha value is -1.42. The van der Waals surface area contributed by atoms with Crippen LogP contribution in [0, 0.1) is 10.1 Å². The molecular weight excluding hydrogens is 459 g/mol. The van der Waals surface area contributed by atoms with E-state index in [0.29, 0.717) is 17.6 Å². The highest BCUT2D eigenvalue weighted by molar-refractivity contribution is 14.0. The van der Waals surface area contributed by atoms with Crippen LogP contribution in [0.1, 0.15) is 51.0 Å². The van der Waals surface area contributed by atoms with Gasteiger partial charge in [-0.2, -0.15) is 0 Å². The zero-order valence-electron chi connectivity index (χ0n) is 16.0. The van der Waals surface area contributed by atoms with E-state index in [2.05, 4.69) is 15.6 Å². The second kappa shape index (κ2) is 13.7. The summed E-state index contributed by atoms with van der Waals surface area (Å²) in [6, 6.07) is 6.71. The third-order valence-corrected chi connectivity index (χ3v) is 4.46. The SMILES string of the molecule is CCNC(=NCc1ccccc1[N+](=O)[O-])NCCCOC1CCCCC1.I. The van der Waals surface area contributed by atoms with Crippen molar-refractivity contribution in [2.75, 3.05) is 19.7 Å². The summed E-state index contributed by atoms with van der Waals surface area (Å²) in [5.74, 6) is 0.670. The minimum absolute atomic E-state index is 0. The van der Waals surface area contributed by atoms with Crippen LogP contribution in [0.3, 0.4) is 0 Å². The molecule has 1 aromatic carbocycles. The minimum Gasteiger partial charge on any atom is -0.378 e. The van der Waals surface area contributed by atoms with Gasteiger partial charge in [-0.05, 0) is 26.2 Å². The highest BCUT2D eigenvalue weighted by atomic mass is 127. The van der Waals surface area contributed by atoms with Gasteiger partial charge >= 0.3 is 0 Å². The van der Waals surface area contributed by atoms with Gasteiger partial charge in [-0.1, -0.05) is 37.5 Å². The van der Waals surface area contributed by atoms with E-state index >= 15 is 0 Å². The summed E-state index contributed by atoms with van der Waals surface area (Å²) in [7, 11) is 0. The third-order valence-electron chi connectivity index (χ3n) is 4.46. The first-order chi connectivity index (χ1) is 12.7. The maximum Gasteiger partial charge on any atom is 0.274 e. The molecule has 8 heteroatoms. The van der Waals surface area contributed by atoms with Gasteiger partial charge in [-0.25, -0.2) is 4.99 Å². The number of aliphatic imine (C=N–C) groups is 1. The lowest BCUT2D eigenvalue weighted by Crippen LogP contribution is -2.38. The van der Waals surface area contributed by atoms with Crippen molar-refractivity contribution in [3.8, 4) is 0 Å². The summed E-state index contributed by atoms with van der Waals surface area (Å²) in [5, 5.41) is 17.5. The summed E-state index contributed by atoms with van der Waals surface area (Å²) in [6.45, 7) is 4.51. The molecule has 1 saturated carbocycles. The molecule has 0 unspecified atom stereocenters. The van der Waals surface area contributed by atoms with Gasteiger partial charge in [0.15, 0.2) is 5.96 Å². The van der Waals surface area contributed by atoms with Crippen molar-refractivity contribution < 1.29 is 9.66 Å². The first-order valence-corrected chi connectivity index (χ1v) is 9.56. The summed E-state index contributed by atoms with van der Waals surface area (Å²) in [6.07, 6.45) is 7.62. The molecular formula is C19H31IN4O3. The number of nitro groups is 1. The molecule has 27 heavy (non-hydrogen) atoms. The number of para-hydroxylation sites is 1. The number of halogens is 1. The first kappa shape index (κ1) is 23.6. The predicted octanol–water partition coefficient (Wildman–Crippen LogP) is 4.01. The molecule has 0 atom stereocenters. The van der Waals surface area contributed by atoms with Crippen molar-refractivity contribution in [3.63, 3.8) is 0 Å². The van der Waals surface area contributed by atoms with Crippen LogP contribution in [0.5, 0.6) is 0 Å². The topological polar surface area (TPSA) is 88.8 Å². The molecule has 1 aliphatic carbocycles. The molecule has 0 aliphatic heterocycles. The summed E-state index contributed by atoms with van der Waals surface area (Å²) < 4.78 is 5.92. The number of rotatable bonds is 9. The van der Waals surface area contributed by atoms with Crippen LogP contribution >= 0.6 is 24.0 Å². The number of nitrogens with one attached hydrogen (secondary N) is 2. The highest BCUT2D eigenvalue weighted by Crippen LogP contribution is 2.20. The van der Waals surface area contributed by atoms with Crippen LogP contribution in [0.2, 0.25) is 0 Å². The Labute approximate surface area is 178 Å². The normalized spacial score (nSPS) is 15.1. The Kier molecular flexibility index (Phi) is 12.0. The van der Waals surface area contributed by atoms with Crippen LogP contribution in [0.4, 0.5) is 5.69 Å². The molecule has 1 aromatic rings. The molecule has 2 N–H and O–H groups in total. The first-order valence-electron chi connectivity index (χ1n) is 9.56. The summed E-state index contributed by atoms with van der Waals surface area (Å²) in [5.41, 5.74) is 0.711. The molecule has 1 aliphatic rings. The van der Waals surface area contributed by atoms with Gasteiger partial charge in [-0.3, -0.25) is 10.1 Å². The van der Waals surface area contributed by atoms with Crippen LogP contribution < -0.4 is 10.6 Å². The Morgan fingerprint density at radius 3 is 2.70 bits per heavy atom. The zero-order chi connectivity index (χ0) is 18.6. The third kappa shape index (κ3) is 8.87. The van der Waals surface area contributed by atoms with Crippen molar-refractivity contribution >= 4 is 35.6 Å². The molecule has 0 spiro atoms. The summed E-state index contributed by atoms with van der Waals surface area (Å²) >= 11 is 0. The van der Waals surface area contributed by atoms with Gasteiger partial charge in [0.05, 0.1) is 23.1 Å². The smallest absolute Gasteiger partial charge is 0.274 e. The molecule has 0 bridgehead atoms. The van der Waals surface area contributed by atoms with Crippen molar-refractivity contribution in [1.29, 1.82) is 0 Å². The number of nitro benzene ring substituents is 1. The average molecular weight is 490 g/mol. The number of ether oxygens (including phenoxy) is 1. The lowest BCUT2D eigenvalue weighted by Gasteiger charge is -2.22. The van der Waals surface area contributed by atoms with Gasteiger partial charge in [0.2, 0.25) is 0 Å². The van der Waals surface area contributed by atoms with Gasteiger partial charge < -0.3 is 15.4 Å². The number of hydrogen-bond donors (Lipinski definition) is 2. The van der Waals surface area contributed by atoms with Crippen molar-refractivity contribution in [3.05, 3.63) is 39.9 Å². The van der Waals surface area contributed by atoms with Crippen LogP contribution in [-0.2, 0) is 11.3 Å². The van der Waals surface area contributed by atoms with E-state index < -0.39 is 0 Å². The molecule has 152 valence electrons. The van der Waals surface area contributed by atoms with Gasteiger partial charge in [0, 0.05) is 25.8 Å². The minimum atomic E-state index is -0.367. The second-order valence-corrected chi connectivity index (χ2v) is 6.49. The maximum atomic E-state index is 11.1. The maximum absolute atomic E-state index is 11.1. The largest absolute Gasteiger partial charge is 0.378 e. The molecule has 0 saturated heterocycles. The Morgan fingerprint density at radius 2 is 2.00 bits per heavy atom. The molecule has 2 rings (SSSR count). The predicted molar refractivity (Wildman–Crippen MR) is 119 cm³/mol. The molecule has 7 nitrogen and oxygen atoms in total. The molecule has 1 fully saturated rings. The number of nitrogens with zero attached hydrogens (tertiary/aromatic N) is 2. The summed E-state index contributed by atoms with van der Waals surface area (Å²) in [4.78, 5) is 15.2. The lowest BCUT2D eigenvalue weighted by molar-refractivity contribution is -0.385. The van der Waals surface area contributed by atoms with E-state index in [9.17, 15) is 10.1 Å². The van der Waals surface area contributed by atoms with E-state index in [-0.39, 0.29) is 41.1 Å². The van der Waals surface area contributed by atoms with E-state index in [1.807, 2.05) is 6.92 Å². The van der Waals surface area contributed by atoms with Crippen LogP contribution in [-0.4, -0.2) is 36.7 Å². The van der Waals surface area contributed by atoms with Gasteiger partial charge in [-0.15, -0.1) is 24.0 Å². The second-order valence-electron chi connectivity index (χ2n) is 6.49. The van der Waals surface area contributed by atoms with Crippen molar-refractivity contribution in [2.45, 2.75) is 58.1 Å². The number of benzene rings is 1. The fourth-order valence-corrected chi connectivity index (χ4v) is 3.09. The van der Waals surface area contributed by atoms with Crippen molar-refractivity contribution in [2.24, 2.45) is 4.99 Å². The van der Waals surface area contributed by atoms with E-state index in [1.54, 1.807) is 18.2 Å². The van der Waals surface area contributed by atoms with E-state index in [0.717, 1.165) is 26.1 Å². The molecule has 0 heterocycles. The molecule has 0 aromatic heterocycles. The zero-order valence-corrected chi connectivity index (χ0v) is 18.3. The Bertz CT molecular complexity index is 592. The highest BCUT2D eigenvalue weighted by Gasteiger charge is 2.13. The fourth-order valence-electron chi connectivity index (χ4n) is 3.09.